The van der Waals surface area contributed by atoms with E-state index in [9.17, 15) is 13.2 Å². The Morgan fingerprint density at radius 1 is 1.30 bits per heavy atom. The zero-order valence-electron chi connectivity index (χ0n) is 20.0. The number of alkyl halides is 3. The van der Waals surface area contributed by atoms with Gasteiger partial charge in [0.05, 0.1) is 56.2 Å². The summed E-state index contributed by atoms with van der Waals surface area (Å²) in [4.78, 5) is 5.96. The molecule has 0 unspecified atom stereocenters. The molecular formula is C23H24F4N8O2. The number of benzene rings is 1. The Bertz CT molecular complexity index is 1470. The molecule has 2 fully saturated rings. The van der Waals surface area contributed by atoms with Crippen molar-refractivity contribution in [2.24, 2.45) is 0 Å². The van der Waals surface area contributed by atoms with Crippen LogP contribution in [0.4, 0.5) is 23.5 Å². The molecule has 5 heterocycles. The summed E-state index contributed by atoms with van der Waals surface area (Å²) in [5.74, 6) is -3.75. The molecule has 1 N–H and O–H groups in total. The molecule has 3 aromatic heterocycles. The van der Waals surface area contributed by atoms with Crippen LogP contribution in [0.25, 0.3) is 27.7 Å². The summed E-state index contributed by atoms with van der Waals surface area (Å²) in [5.41, 5.74) is 1.87. The molecule has 1 aromatic carbocycles. The zero-order valence-corrected chi connectivity index (χ0v) is 20.0. The van der Waals surface area contributed by atoms with Gasteiger partial charge in [-0.15, -0.1) is 10.2 Å². The van der Waals surface area contributed by atoms with Gasteiger partial charge in [-0.05, 0) is 24.6 Å². The van der Waals surface area contributed by atoms with E-state index in [2.05, 4.69) is 25.7 Å². The lowest BCUT2D eigenvalue weighted by Crippen LogP contribution is -2.48. The standard InChI is InChI=1S/C23H24F4N8O2/c1-12(6-24)35-17-5-13(3-4-16(17)30-32-35)19-15(25)7-34-20(19)21(36-2)29-22(31-34)28-18-8-33(11-23(18,26)27)14-9-37-10-14/h3-5,7,12,14,18H,6,8-11H2,1-2H3,(H,28,31)/t12-,18+/m0/s1. The van der Waals surface area contributed by atoms with Crippen molar-refractivity contribution < 1.29 is 27.0 Å². The van der Waals surface area contributed by atoms with E-state index in [1.165, 1.54) is 16.3 Å². The molecule has 0 bridgehead atoms. The molecule has 0 amide bonds. The molecule has 2 saturated heterocycles. The van der Waals surface area contributed by atoms with Crippen LogP contribution < -0.4 is 10.1 Å². The minimum absolute atomic E-state index is 0.00539. The highest BCUT2D eigenvalue weighted by Gasteiger charge is 2.51. The first-order chi connectivity index (χ1) is 17.8. The van der Waals surface area contributed by atoms with E-state index in [4.69, 9.17) is 9.47 Å². The fourth-order valence-corrected chi connectivity index (χ4v) is 4.81. The molecule has 6 rings (SSSR count). The second-order valence-corrected chi connectivity index (χ2v) is 9.41. The number of nitrogens with zero attached hydrogens (tertiary/aromatic N) is 7. The van der Waals surface area contributed by atoms with Crippen molar-refractivity contribution in [3.8, 4) is 17.0 Å². The second kappa shape index (κ2) is 8.80. The monoisotopic (exact) mass is 520 g/mol. The number of rotatable bonds is 7. The van der Waals surface area contributed by atoms with Gasteiger partial charge in [0.1, 0.15) is 23.7 Å². The maximum Gasteiger partial charge on any atom is 0.281 e. The molecule has 2 atom stereocenters. The van der Waals surface area contributed by atoms with Crippen LogP contribution in [-0.4, -0.2) is 92.6 Å². The van der Waals surface area contributed by atoms with E-state index in [0.717, 1.165) is 6.20 Å². The number of ether oxygens (including phenoxy) is 2. The van der Waals surface area contributed by atoms with Crippen LogP contribution in [0.15, 0.2) is 24.4 Å². The normalized spacial score (nSPS) is 21.0. The minimum atomic E-state index is -3.02. The highest BCUT2D eigenvalue weighted by atomic mass is 19.3. The number of hydrogen-bond donors (Lipinski definition) is 1. The first-order valence-electron chi connectivity index (χ1n) is 11.8. The predicted octanol–water partition coefficient (Wildman–Crippen LogP) is 2.95. The van der Waals surface area contributed by atoms with Crippen molar-refractivity contribution >= 4 is 22.5 Å². The molecule has 0 saturated carbocycles. The quantitative estimate of drug-likeness (QED) is 0.372. The molecular weight excluding hydrogens is 496 g/mol. The summed E-state index contributed by atoms with van der Waals surface area (Å²) in [5, 5.41) is 15.0. The molecule has 0 aliphatic carbocycles. The van der Waals surface area contributed by atoms with Gasteiger partial charge in [0, 0.05) is 6.54 Å². The van der Waals surface area contributed by atoms with Crippen LogP contribution in [0.2, 0.25) is 0 Å². The molecule has 2 aliphatic heterocycles. The fourth-order valence-electron chi connectivity index (χ4n) is 4.81. The van der Waals surface area contributed by atoms with Crippen molar-refractivity contribution in [2.75, 3.05) is 45.4 Å². The topological polar surface area (TPSA) is 94.6 Å². The number of hydrogen-bond acceptors (Lipinski definition) is 8. The zero-order chi connectivity index (χ0) is 25.9. The van der Waals surface area contributed by atoms with E-state index in [1.54, 1.807) is 30.0 Å². The van der Waals surface area contributed by atoms with E-state index in [0.29, 0.717) is 29.8 Å². The van der Waals surface area contributed by atoms with E-state index < -0.39 is 37.0 Å². The van der Waals surface area contributed by atoms with E-state index in [-0.39, 0.29) is 35.5 Å². The molecule has 2 aliphatic rings. The van der Waals surface area contributed by atoms with Crippen molar-refractivity contribution in [3.63, 3.8) is 0 Å². The Labute approximate surface area is 208 Å². The summed E-state index contributed by atoms with van der Waals surface area (Å²) in [6.07, 6.45) is 1.13. The van der Waals surface area contributed by atoms with Gasteiger partial charge in [-0.2, -0.15) is 4.98 Å². The Morgan fingerprint density at radius 2 is 2.11 bits per heavy atom. The molecule has 37 heavy (non-hydrogen) atoms. The van der Waals surface area contributed by atoms with Crippen molar-refractivity contribution in [1.29, 1.82) is 0 Å². The average Bonchev–Trinajstić information content (AvgIpc) is 3.49. The third-order valence-corrected chi connectivity index (χ3v) is 6.93. The van der Waals surface area contributed by atoms with Crippen molar-refractivity contribution in [2.45, 2.75) is 31.0 Å². The van der Waals surface area contributed by atoms with Gasteiger partial charge in [0.15, 0.2) is 5.82 Å². The Hall–Kier alpha value is -3.52. The molecule has 196 valence electrons. The largest absolute Gasteiger partial charge is 0.479 e. The summed E-state index contributed by atoms with van der Waals surface area (Å²) >= 11 is 0. The smallest absolute Gasteiger partial charge is 0.281 e. The first-order valence-corrected chi connectivity index (χ1v) is 11.8. The van der Waals surface area contributed by atoms with Gasteiger partial charge >= 0.3 is 0 Å². The second-order valence-electron chi connectivity index (χ2n) is 9.41. The van der Waals surface area contributed by atoms with Gasteiger partial charge in [-0.25, -0.2) is 26.8 Å². The third kappa shape index (κ3) is 3.94. The highest BCUT2D eigenvalue weighted by molar-refractivity contribution is 5.89. The van der Waals surface area contributed by atoms with Crippen molar-refractivity contribution in [3.05, 3.63) is 30.2 Å². The van der Waals surface area contributed by atoms with E-state index >= 15 is 4.39 Å². The fraction of sp³-hybridized carbons (Fsp3) is 0.478. The number of aromatic nitrogens is 6. The molecule has 10 nitrogen and oxygen atoms in total. The molecule has 0 spiro atoms. The maximum absolute atomic E-state index is 15.3. The summed E-state index contributed by atoms with van der Waals surface area (Å²) in [6, 6.07) is 3.15. The van der Waals surface area contributed by atoms with Crippen LogP contribution in [0.5, 0.6) is 5.88 Å². The lowest BCUT2D eigenvalue weighted by molar-refractivity contribution is -0.0711. The van der Waals surface area contributed by atoms with Gasteiger partial charge in [0.25, 0.3) is 5.92 Å². The molecule has 4 aromatic rings. The van der Waals surface area contributed by atoms with Gasteiger partial charge in [-0.3, -0.25) is 4.90 Å². The number of anilines is 1. The Morgan fingerprint density at radius 3 is 2.81 bits per heavy atom. The van der Waals surface area contributed by atoms with Crippen LogP contribution in [0.1, 0.15) is 13.0 Å². The summed E-state index contributed by atoms with van der Waals surface area (Å²) < 4.78 is 71.3. The van der Waals surface area contributed by atoms with Gasteiger partial charge in [-0.1, -0.05) is 11.3 Å². The molecule has 14 heteroatoms. The maximum atomic E-state index is 15.3. The van der Waals surface area contributed by atoms with Gasteiger partial charge in [0.2, 0.25) is 11.8 Å². The Balaban J connectivity index is 1.37. The average molecular weight is 520 g/mol. The van der Waals surface area contributed by atoms with Crippen LogP contribution >= 0.6 is 0 Å². The number of halogens is 4. The molecule has 0 radical (unpaired) electrons. The summed E-state index contributed by atoms with van der Waals surface area (Å²) in [7, 11) is 1.36. The van der Waals surface area contributed by atoms with Crippen molar-refractivity contribution in [1.82, 2.24) is 34.5 Å². The number of fused-ring (bicyclic) bond motifs is 2. The van der Waals surface area contributed by atoms with Crippen LogP contribution in [0.3, 0.4) is 0 Å². The number of likely N-dealkylation sites (tertiary alicyclic amines) is 1. The van der Waals surface area contributed by atoms with E-state index in [1.807, 2.05) is 0 Å². The highest BCUT2D eigenvalue weighted by Crippen LogP contribution is 2.37. The SMILES string of the molecule is COc1nc(N[C@@H]2CN(C3COC3)CC2(F)F)nn2cc(F)c(-c3ccc4nnn([C@@H](C)CF)c4c3)c12. The number of nitrogens with one attached hydrogen (secondary N) is 1. The number of methoxy groups -OCH3 is 1. The Kier molecular flexibility index (Phi) is 5.67. The van der Waals surface area contributed by atoms with Crippen LogP contribution in [-0.2, 0) is 4.74 Å². The lowest BCUT2D eigenvalue weighted by Gasteiger charge is -2.34. The third-order valence-electron chi connectivity index (χ3n) is 6.93. The predicted molar refractivity (Wildman–Crippen MR) is 125 cm³/mol. The lowest BCUT2D eigenvalue weighted by atomic mass is 10.1. The minimum Gasteiger partial charge on any atom is -0.479 e. The first kappa shape index (κ1) is 23.9. The van der Waals surface area contributed by atoms with Crippen LogP contribution in [0, 0.1) is 5.82 Å². The van der Waals surface area contributed by atoms with Gasteiger partial charge < -0.3 is 14.8 Å². The summed E-state index contributed by atoms with van der Waals surface area (Å²) in [6.45, 7) is 1.58.